The second-order valence-corrected chi connectivity index (χ2v) is 5.52. The topological polar surface area (TPSA) is 38.0 Å². The van der Waals surface area contributed by atoms with Gasteiger partial charge in [-0.2, -0.15) is 0 Å². The van der Waals surface area contributed by atoms with E-state index < -0.39 is 11.6 Å². The third kappa shape index (κ3) is 3.42. The van der Waals surface area contributed by atoms with Crippen LogP contribution in [0.25, 0.3) is 0 Å². The number of benzene rings is 2. The zero-order valence-electron chi connectivity index (χ0n) is 11.0. The molecule has 1 atom stereocenters. The first kappa shape index (κ1) is 15.1. The highest BCUT2D eigenvalue weighted by Gasteiger charge is 2.14. The molecule has 0 spiro atoms. The summed E-state index contributed by atoms with van der Waals surface area (Å²) in [5.41, 5.74) is 5.14. The Bertz CT molecular complexity index is 617. The second kappa shape index (κ2) is 6.43. The quantitative estimate of drug-likeness (QED) is 0.656. The summed E-state index contributed by atoms with van der Waals surface area (Å²) in [5.74, 6) is 4.42. The standard InChI is InChI=1S/C15H15BrF2N2/c1-9-2-3-11(6-13(9)16)15(20-19)7-10-4-5-12(17)8-14(10)18/h2-6,8,15,20H,7,19H2,1H3. The lowest BCUT2D eigenvalue weighted by atomic mass is 9.98. The number of aryl methyl sites for hydroxylation is 1. The minimum absolute atomic E-state index is 0.244. The molecule has 5 heteroatoms. The molecule has 20 heavy (non-hydrogen) atoms. The molecule has 2 aromatic carbocycles. The predicted octanol–water partition coefficient (Wildman–Crippen LogP) is 3.78. The lowest BCUT2D eigenvalue weighted by Crippen LogP contribution is -2.29. The minimum Gasteiger partial charge on any atom is -0.271 e. The van der Waals surface area contributed by atoms with Crippen LogP contribution in [0.5, 0.6) is 0 Å². The van der Waals surface area contributed by atoms with Gasteiger partial charge >= 0.3 is 0 Å². The van der Waals surface area contributed by atoms with Gasteiger partial charge in [0.1, 0.15) is 11.6 Å². The van der Waals surface area contributed by atoms with Gasteiger partial charge in [-0.15, -0.1) is 0 Å². The summed E-state index contributed by atoms with van der Waals surface area (Å²) in [5, 5.41) is 0. The molecule has 0 saturated heterocycles. The SMILES string of the molecule is Cc1ccc(C(Cc2ccc(F)cc2F)NN)cc1Br. The molecule has 2 rings (SSSR count). The Labute approximate surface area is 125 Å². The van der Waals surface area contributed by atoms with Gasteiger partial charge in [-0.05, 0) is 42.2 Å². The summed E-state index contributed by atoms with van der Waals surface area (Å²) in [6.45, 7) is 1.98. The van der Waals surface area contributed by atoms with Gasteiger partial charge in [-0.25, -0.2) is 8.78 Å². The van der Waals surface area contributed by atoms with Crippen molar-refractivity contribution in [3.63, 3.8) is 0 Å². The smallest absolute Gasteiger partial charge is 0.129 e. The van der Waals surface area contributed by atoms with Crippen LogP contribution < -0.4 is 11.3 Å². The molecule has 106 valence electrons. The molecule has 0 aliphatic rings. The van der Waals surface area contributed by atoms with E-state index in [4.69, 9.17) is 5.84 Å². The summed E-state index contributed by atoms with van der Waals surface area (Å²) in [6, 6.07) is 9.17. The zero-order valence-corrected chi connectivity index (χ0v) is 12.5. The van der Waals surface area contributed by atoms with E-state index >= 15 is 0 Å². The summed E-state index contributed by atoms with van der Waals surface area (Å²) in [7, 11) is 0. The van der Waals surface area contributed by atoms with Gasteiger partial charge in [0, 0.05) is 10.5 Å². The molecule has 0 amide bonds. The molecule has 0 aliphatic heterocycles. The molecule has 3 N–H and O–H groups in total. The fourth-order valence-electron chi connectivity index (χ4n) is 2.01. The van der Waals surface area contributed by atoms with E-state index in [-0.39, 0.29) is 6.04 Å². The van der Waals surface area contributed by atoms with E-state index in [1.54, 1.807) is 0 Å². The van der Waals surface area contributed by atoms with Gasteiger partial charge in [0.15, 0.2) is 0 Å². The van der Waals surface area contributed by atoms with Crippen LogP contribution in [0.4, 0.5) is 8.78 Å². The molecular formula is C15H15BrF2N2. The van der Waals surface area contributed by atoms with Crippen molar-refractivity contribution in [2.24, 2.45) is 5.84 Å². The number of halogens is 3. The molecule has 0 bridgehead atoms. The van der Waals surface area contributed by atoms with Crippen LogP contribution >= 0.6 is 15.9 Å². The van der Waals surface area contributed by atoms with Gasteiger partial charge in [-0.3, -0.25) is 11.3 Å². The Morgan fingerprint density at radius 3 is 2.55 bits per heavy atom. The lowest BCUT2D eigenvalue weighted by molar-refractivity contribution is 0.521. The first-order valence-corrected chi connectivity index (χ1v) is 6.96. The maximum atomic E-state index is 13.7. The van der Waals surface area contributed by atoms with Crippen LogP contribution in [0.15, 0.2) is 40.9 Å². The van der Waals surface area contributed by atoms with Crippen LogP contribution in [0.1, 0.15) is 22.7 Å². The fraction of sp³-hybridized carbons (Fsp3) is 0.200. The van der Waals surface area contributed by atoms with E-state index in [1.807, 2.05) is 25.1 Å². The maximum Gasteiger partial charge on any atom is 0.129 e. The summed E-state index contributed by atoms with van der Waals surface area (Å²) >= 11 is 3.46. The third-order valence-electron chi connectivity index (χ3n) is 3.24. The minimum atomic E-state index is -0.582. The lowest BCUT2D eigenvalue weighted by Gasteiger charge is -2.17. The van der Waals surface area contributed by atoms with Crippen LogP contribution in [0, 0.1) is 18.6 Å². The predicted molar refractivity (Wildman–Crippen MR) is 79.0 cm³/mol. The number of hydrogen-bond donors (Lipinski definition) is 2. The summed E-state index contributed by atoms with van der Waals surface area (Å²) in [6.07, 6.45) is 0.345. The number of rotatable bonds is 4. The van der Waals surface area contributed by atoms with E-state index in [9.17, 15) is 8.78 Å². The number of hydrazine groups is 1. The van der Waals surface area contributed by atoms with Gasteiger partial charge in [0.25, 0.3) is 0 Å². The Morgan fingerprint density at radius 2 is 1.95 bits per heavy atom. The number of nitrogens with two attached hydrogens (primary N) is 1. The Hall–Kier alpha value is -1.30. The van der Waals surface area contributed by atoms with Crippen molar-refractivity contribution in [1.82, 2.24) is 5.43 Å². The van der Waals surface area contributed by atoms with Gasteiger partial charge in [0.05, 0.1) is 6.04 Å². The molecule has 2 aromatic rings. The Kier molecular flexibility index (Phi) is 4.86. The average Bonchev–Trinajstić information content (AvgIpc) is 2.41. The van der Waals surface area contributed by atoms with Crippen molar-refractivity contribution >= 4 is 15.9 Å². The monoisotopic (exact) mass is 340 g/mol. The zero-order chi connectivity index (χ0) is 14.7. The summed E-state index contributed by atoms with van der Waals surface area (Å²) < 4.78 is 27.6. The van der Waals surface area contributed by atoms with Crippen molar-refractivity contribution < 1.29 is 8.78 Å². The molecule has 0 radical (unpaired) electrons. The highest BCUT2D eigenvalue weighted by atomic mass is 79.9. The molecule has 2 nitrogen and oxygen atoms in total. The molecule has 0 saturated carbocycles. The highest BCUT2D eigenvalue weighted by Crippen LogP contribution is 2.25. The highest BCUT2D eigenvalue weighted by molar-refractivity contribution is 9.10. The van der Waals surface area contributed by atoms with Gasteiger partial charge < -0.3 is 0 Å². The molecule has 0 aliphatic carbocycles. The molecule has 0 aromatic heterocycles. The van der Waals surface area contributed by atoms with E-state index in [2.05, 4.69) is 21.4 Å². The van der Waals surface area contributed by atoms with Crippen LogP contribution in [-0.2, 0) is 6.42 Å². The molecule has 0 heterocycles. The third-order valence-corrected chi connectivity index (χ3v) is 4.09. The Morgan fingerprint density at radius 1 is 1.20 bits per heavy atom. The number of hydrogen-bond acceptors (Lipinski definition) is 2. The van der Waals surface area contributed by atoms with Crippen molar-refractivity contribution in [3.05, 3.63) is 69.2 Å². The van der Waals surface area contributed by atoms with Gasteiger partial charge in [-0.1, -0.05) is 34.1 Å². The van der Waals surface area contributed by atoms with Crippen molar-refractivity contribution in [3.8, 4) is 0 Å². The average molecular weight is 341 g/mol. The number of nitrogens with one attached hydrogen (secondary N) is 1. The molecule has 0 fully saturated rings. The second-order valence-electron chi connectivity index (χ2n) is 4.67. The van der Waals surface area contributed by atoms with E-state index in [1.165, 1.54) is 12.1 Å². The first-order chi connectivity index (χ1) is 9.51. The van der Waals surface area contributed by atoms with Crippen LogP contribution in [-0.4, -0.2) is 0 Å². The Balaban J connectivity index is 2.26. The van der Waals surface area contributed by atoms with Crippen LogP contribution in [0.3, 0.4) is 0 Å². The first-order valence-electron chi connectivity index (χ1n) is 6.17. The fourth-order valence-corrected chi connectivity index (χ4v) is 2.40. The van der Waals surface area contributed by atoms with Crippen molar-refractivity contribution in [1.29, 1.82) is 0 Å². The van der Waals surface area contributed by atoms with E-state index in [0.29, 0.717) is 12.0 Å². The maximum absolute atomic E-state index is 13.7. The molecular weight excluding hydrogens is 326 g/mol. The van der Waals surface area contributed by atoms with Gasteiger partial charge in [0.2, 0.25) is 0 Å². The summed E-state index contributed by atoms with van der Waals surface area (Å²) in [4.78, 5) is 0. The van der Waals surface area contributed by atoms with Crippen molar-refractivity contribution in [2.75, 3.05) is 0 Å². The van der Waals surface area contributed by atoms with Crippen molar-refractivity contribution in [2.45, 2.75) is 19.4 Å². The normalized spacial score (nSPS) is 12.4. The molecule has 1 unspecified atom stereocenters. The largest absolute Gasteiger partial charge is 0.271 e. The van der Waals surface area contributed by atoms with E-state index in [0.717, 1.165) is 21.7 Å². The van der Waals surface area contributed by atoms with Crippen LogP contribution in [0.2, 0.25) is 0 Å².